The van der Waals surface area contributed by atoms with E-state index in [0.717, 1.165) is 21.2 Å². The van der Waals surface area contributed by atoms with Crippen molar-refractivity contribution >= 4 is 43.6 Å². The van der Waals surface area contributed by atoms with E-state index >= 15 is 0 Å². The van der Waals surface area contributed by atoms with Gasteiger partial charge in [-0.15, -0.1) is 0 Å². The molecule has 0 fully saturated rings. The van der Waals surface area contributed by atoms with Gasteiger partial charge < -0.3 is 14.1 Å². The number of nitrogens with zero attached hydrogens (tertiary/aromatic N) is 3. The maximum atomic E-state index is 13.5. The fraction of sp³-hybridized carbons (Fsp3) is 0.304. The van der Waals surface area contributed by atoms with Crippen LogP contribution in [-0.4, -0.2) is 49.6 Å². The summed E-state index contributed by atoms with van der Waals surface area (Å²) in [6, 6.07) is 13.5. The van der Waals surface area contributed by atoms with E-state index in [9.17, 15) is 4.79 Å². The average Bonchev–Trinajstić information content (AvgIpc) is 3.34. The van der Waals surface area contributed by atoms with Gasteiger partial charge in [0, 0.05) is 18.5 Å². The Hall–Kier alpha value is -2.90. The summed E-state index contributed by atoms with van der Waals surface area (Å²) in [6.07, 6.45) is 0. The molecule has 0 radical (unpaired) electrons. The van der Waals surface area contributed by atoms with Crippen LogP contribution in [0.4, 0.5) is 5.13 Å². The number of hydrogen-bond donors (Lipinski definition) is 0. The molecule has 7 heteroatoms. The second-order valence-electron chi connectivity index (χ2n) is 7.40. The first-order valence-electron chi connectivity index (χ1n) is 9.96. The Kier molecular flexibility index (Phi) is 5.74. The number of ether oxygens (including phenoxy) is 1. The van der Waals surface area contributed by atoms with Gasteiger partial charge in [-0.3, -0.25) is 9.69 Å². The quantitative estimate of drug-likeness (QED) is 0.421. The van der Waals surface area contributed by atoms with E-state index in [0.29, 0.717) is 36.2 Å². The minimum Gasteiger partial charge on any atom is -0.490 e. The monoisotopic (exact) mass is 423 g/mol. The first kappa shape index (κ1) is 20.4. The van der Waals surface area contributed by atoms with Gasteiger partial charge in [0.2, 0.25) is 0 Å². The van der Waals surface area contributed by atoms with Crippen LogP contribution < -0.4 is 9.64 Å². The van der Waals surface area contributed by atoms with E-state index in [4.69, 9.17) is 14.1 Å². The first-order chi connectivity index (χ1) is 14.5. The minimum atomic E-state index is -0.202. The largest absolute Gasteiger partial charge is 0.490 e. The smallest absolute Gasteiger partial charge is 0.295 e. The summed E-state index contributed by atoms with van der Waals surface area (Å²) in [5.41, 5.74) is 2.62. The van der Waals surface area contributed by atoms with Crippen molar-refractivity contribution in [1.29, 1.82) is 0 Å². The normalized spacial score (nSPS) is 11.5. The van der Waals surface area contributed by atoms with Crippen molar-refractivity contribution in [2.45, 2.75) is 13.8 Å². The molecule has 2 aromatic carbocycles. The van der Waals surface area contributed by atoms with Gasteiger partial charge in [-0.1, -0.05) is 35.6 Å². The topological polar surface area (TPSA) is 58.8 Å². The number of aryl methyl sites for hydroxylation is 1. The third-order valence-electron chi connectivity index (χ3n) is 4.87. The van der Waals surface area contributed by atoms with E-state index in [1.165, 1.54) is 11.3 Å². The van der Waals surface area contributed by atoms with Gasteiger partial charge in [0.05, 0.1) is 16.8 Å². The summed E-state index contributed by atoms with van der Waals surface area (Å²) in [5, 5.41) is 1.52. The number of carbonyl (C=O) groups is 1. The lowest BCUT2D eigenvalue weighted by Crippen LogP contribution is -2.36. The zero-order valence-corrected chi connectivity index (χ0v) is 18.5. The van der Waals surface area contributed by atoms with Gasteiger partial charge >= 0.3 is 0 Å². The molecule has 0 unspecified atom stereocenters. The minimum absolute atomic E-state index is 0.202. The fourth-order valence-corrected chi connectivity index (χ4v) is 4.39. The Morgan fingerprint density at radius 3 is 2.70 bits per heavy atom. The van der Waals surface area contributed by atoms with E-state index in [1.807, 2.05) is 69.2 Å². The molecule has 30 heavy (non-hydrogen) atoms. The number of anilines is 1. The predicted molar refractivity (Wildman–Crippen MR) is 122 cm³/mol. The first-order valence-corrected chi connectivity index (χ1v) is 10.8. The standard InChI is InChI=1S/C23H25N3O3S/c1-5-28-17-10-7-9-16-14-18(29-21(16)17)22(27)26(13-12-25(3)4)23-24-20-15(2)8-6-11-19(20)30-23/h6-11,14H,5,12-13H2,1-4H3. The molecule has 2 heterocycles. The lowest BCUT2D eigenvalue weighted by atomic mass is 10.2. The Morgan fingerprint density at radius 2 is 1.97 bits per heavy atom. The number of thiazole rings is 1. The summed E-state index contributed by atoms with van der Waals surface area (Å²) in [4.78, 5) is 22.0. The third-order valence-corrected chi connectivity index (χ3v) is 5.92. The van der Waals surface area contributed by atoms with Crippen LogP contribution >= 0.6 is 11.3 Å². The Balaban J connectivity index is 1.74. The number of fused-ring (bicyclic) bond motifs is 2. The van der Waals surface area contributed by atoms with Gasteiger partial charge in [-0.25, -0.2) is 4.98 Å². The van der Waals surface area contributed by atoms with Crippen LogP contribution in [0.15, 0.2) is 46.9 Å². The highest BCUT2D eigenvalue weighted by Gasteiger charge is 2.25. The summed E-state index contributed by atoms with van der Waals surface area (Å²) < 4.78 is 12.7. The molecule has 2 aromatic heterocycles. The van der Waals surface area contributed by atoms with Gasteiger partial charge in [-0.2, -0.15) is 0 Å². The molecule has 4 aromatic rings. The number of para-hydroxylation sites is 2. The van der Waals surface area contributed by atoms with Crippen LogP contribution in [-0.2, 0) is 0 Å². The van der Waals surface area contributed by atoms with Crippen molar-refractivity contribution in [1.82, 2.24) is 9.88 Å². The van der Waals surface area contributed by atoms with Crippen molar-refractivity contribution in [3.63, 3.8) is 0 Å². The Labute approximate surface area is 179 Å². The number of hydrogen-bond acceptors (Lipinski definition) is 6. The fourth-order valence-electron chi connectivity index (χ4n) is 3.32. The number of rotatable bonds is 7. The maximum absolute atomic E-state index is 13.5. The average molecular weight is 424 g/mol. The molecule has 0 N–H and O–H groups in total. The Morgan fingerprint density at radius 1 is 1.17 bits per heavy atom. The number of furan rings is 1. The number of amides is 1. The lowest BCUT2D eigenvalue weighted by molar-refractivity contribution is 0.0960. The molecule has 0 saturated carbocycles. The van der Waals surface area contributed by atoms with Gasteiger partial charge in [0.15, 0.2) is 22.2 Å². The molecule has 0 aliphatic rings. The highest BCUT2D eigenvalue weighted by Crippen LogP contribution is 2.33. The summed E-state index contributed by atoms with van der Waals surface area (Å²) in [5.74, 6) is 0.726. The maximum Gasteiger partial charge on any atom is 0.295 e. The molecule has 0 saturated heterocycles. The SMILES string of the molecule is CCOc1cccc2cc(C(=O)N(CCN(C)C)c3nc4c(C)cccc4s3)oc12. The van der Waals surface area contributed by atoms with E-state index in [1.54, 1.807) is 11.0 Å². The van der Waals surface area contributed by atoms with Crippen molar-refractivity contribution in [3.8, 4) is 5.75 Å². The molecule has 0 aliphatic carbocycles. The molecule has 1 amide bonds. The van der Waals surface area contributed by atoms with Crippen LogP contribution in [0.2, 0.25) is 0 Å². The molecule has 6 nitrogen and oxygen atoms in total. The van der Waals surface area contributed by atoms with Gasteiger partial charge in [-0.05, 0) is 51.7 Å². The molecule has 0 bridgehead atoms. The van der Waals surface area contributed by atoms with Crippen LogP contribution in [0.25, 0.3) is 21.2 Å². The second kappa shape index (κ2) is 8.45. The van der Waals surface area contributed by atoms with Crippen molar-refractivity contribution < 1.29 is 13.9 Å². The van der Waals surface area contributed by atoms with E-state index in [-0.39, 0.29) is 11.7 Å². The van der Waals surface area contributed by atoms with Gasteiger partial charge in [0.1, 0.15) is 0 Å². The zero-order valence-electron chi connectivity index (χ0n) is 17.6. The van der Waals surface area contributed by atoms with Crippen LogP contribution in [0.1, 0.15) is 23.0 Å². The van der Waals surface area contributed by atoms with Crippen LogP contribution in [0, 0.1) is 6.92 Å². The third kappa shape index (κ3) is 3.91. The molecule has 0 spiro atoms. The highest BCUT2D eigenvalue weighted by atomic mass is 32.1. The predicted octanol–water partition coefficient (Wildman–Crippen LogP) is 4.96. The summed E-state index contributed by atoms with van der Waals surface area (Å²) in [6.45, 7) is 5.71. The van der Waals surface area contributed by atoms with Crippen molar-refractivity contribution in [3.05, 3.63) is 53.8 Å². The molecule has 0 aliphatic heterocycles. The number of likely N-dealkylation sites (N-methyl/N-ethyl adjacent to an activating group) is 1. The van der Waals surface area contributed by atoms with Gasteiger partial charge in [0.25, 0.3) is 5.91 Å². The number of aromatic nitrogens is 1. The number of carbonyl (C=O) groups excluding carboxylic acids is 1. The summed E-state index contributed by atoms with van der Waals surface area (Å²) in [7, 11) is 3.97. The molecular weight excluding hydrogens is 398 g/mol. The molecular formula is C23H25N3O3S. The van der Waals surface area contributed by atoms with E-state index < -0.39 is 0 Å². The molecule has 4 rings (SSSR count). The highest BCUT2D eigenvalue weighted by molar-refractivity contribution is 7.22. The van der Waals surface area contributed by atoms with Crippen LogP contribution in [0.5, 0.6) is 5.75 Å². The lowest BCUT2D eigenvalue weighted by Gasteiger charge is -2.20. The number of benzene rings is 2. The zero-order chi connectivity index (χ0) is 21.3. The van der Waals surface area contributed by atoms with Crippen molar-refractivity contribution in [2.75, 3.05) is 38.7 Å². The molecule has 0 atom stereocenters. The second-order valence-corrected chi connectivity index (χ2v) is 8.41. The van der Waals surface area contributed by atoms with Crippen LogP contribution in [0.3, 0.4) is 0 Å². The Bertz CT molecular complexity index is 1200. The molecule has 156 valence electrons. The van der Waals surface area contributed by atoms with Crippen molar-refractivity contribution in [2.24, 2.45) is 0 Å². The summed E-state index contributed by atoms with van der Waals surface area (Å²) >= 11 is 1.52. The van der Waals surface area contributed by atoms with E-state index in [2.05, 4.69) is 0 Å².